The van der Waals surface area contributed by atoms with E-state index in [4.69, 9.17) is 27.9 Å². The molecule has 0 bridgehead atoms. The van der Waals surface area contributed by atoms with E-state index in [0.717, 1.165) is 16.8 Å². The minimum absolute atomic E-state index is 0.00465. The normalized spacial score (nSPS) is 16.2. The van der Waals surface area contributed by atoms with E-state index in [1.807, 2.05) is 0 Å². The fourth-order valence-electron chi connectivity index (χ4n) is 2.51. The molecule has 0 aliphatic carbocycles. The first-order valence-electron chi connectivity index (χ1n) is 6.45. The molecule has 0 spiro atoms. The Balaban J connectivity index is 2.19. The topological polar surface area (TPSA) is 61.2 Å². The van der Waals surface area contributed by atoms with Gasteiger partial charge in [0.2, 0.25) is 5.88 Å². The lowest BCUT2D eigenvalue weighted by Gasteiger charge is -2.14. The zero-order valence-corrected chi connectivity index (χ0v) is 14.3. The Morgan fingerprint density at radius 1 is 1.21 bits per heavy atom. The Kier molecular flexibility index (Phi) is 4.01. The minimum atomic E-state index is -4.60. The van der Waals surface area contributed by atoms with Crippen LogP contribution in [0.2, 0.25) is 10.0 Å². The molecular formula is C13H9Cl2F3N2O3S. The van der Waals surface area contributed by atoms with Crippen molar-refractivity contribution in [3.63, 3.8) is 0 Å². The highest BCUT2D eigenvalue weighted by Crippen LogP contribution is 2.41. The van der Waals surface area contributed by atoms with E-state index in [1.54, 1.807) is 0 Å². The van der Waals surface area contributed by atoms with E-state index >= 15 is 0 Å². The van der Waals surface area contributed by atoms with Crippen LogP contribution in [0.5, 0.6) is 5.88 Å². The van der Waals surface area contributed by atoms with E-state index in [-0.39, 0.29) is 38.8 Å². The van der Waals surface area contributed by atoms with Crippen molar-refractivity contribution < 1.29 is 26.3 Å². The summed E-state index contributed by atoms with van der Waals surface area (Å²) < 4.78 is 68.1. The largest absolute Gasteiger partial charge is 0.481 e. The summed E-state index contributed by atoms with van der Waals surface area (Å²) in [6.45, 7) is 0. The molecule has 2 aromatic rings. The molecule has 1 aliphatic rings. The Bertz CT molecular complexity index is 916. The Morgan fingerprint density at radius 3 is 2.29 bits per heavy atom. The van der Waals surface area contributed by atoms with Gasteiger partial charge in [0.15, 0.2) is 9.84 Å². The number of sulfone groups is 1. The Morgan fingerprint density at radius 2 is 1.79 bits per heavy atom. The number of fused-ring (bicyclic) bond motifs is 1. The van der Waals surface area contributed by atoms with Gasteiger partial charge in [-0.1, -0.05) is 23.2 Å². The molecule has 2 heterocycles. The monoisotopic (exact) mass is 400 g/mol. The molecule has 24 heavy (non-hydrogen) atoms. The third-order valence-corrected chi connectivity index (χ3v) is 5.51. The molecule has 0 unspecified atom stereocenters. The molecule has 0 N–H and O–H groups in total. The SMILES string of the molecule is COc1c2c(nn1-c1c(Cl)cc(C(F)(F)F)cc1Cl)CS(=O)(=O)C2. The van der Waals surface area contributed by atoms with Crippen molar-refractivity contribution in [3.8, 4) is 11.6 Å². The molecule has 3 rings (SSSR count). The first-order valence-corrected chi connectivity index (χ1v) is 9.03. The van der Waals surface area contributed by atoms with E-state index in [0.29, 0.717) is 5.56 Å². The van der Waals surface area contributed by atoms with Gasteiger partial charge in [-0.2, -0.15) is 23.0 Å². The van der Waals surface area contributed by atoms with Crippen LogP contribution in [-0.2, 0) is 27.5 Å². The number of nitrogens with zero attached hydrogens (tertiary/aromatic N) is 2. The maximum atomic E-state index is 12.8. The van der Waals surface area contributed by atoms with Crippen molar-refractivity contribution >= 4 is 33.0 Å². The quantitative estimate of drug-likeness (QED) is 0.771. The van der Waals surface area contributed by atoms with Crippen molar-refractivity contribution in [2.45, 2.75) is 17.7 Å². The predicted molar refractivity (Wildman–Crippen MR) is 81.5 cm³/mol. The second-order valence-electron chi connectivity index (χ2n) is 5.16. The molecule has 0 saturated heterocycles. The molecule has 1 aliphatic heterocycles. The first kappa shape index (κ1) is 17.4. The maximum Gasteiger partial charge on any atom is 0.416 e. The lowest BCUT2D eigenvalue weighted by atomic mass is 10.2. The lowest BCUT2D eigenvalue weighted by Crippen LogP contribution is -2.09. The molecule has 0 atom stereocenters. The van der Waals surface area contributed by atoms with Crippen LogP contribution in [0.1, 0.15) is 16.8 Å². The Labute approximate surface area is 144 Å². The smallest absolute Gasteiger partial charge is 0.416 e. The van der Waals surface area contributed by atoms with Gasteiger partial charge in [-0.3, -0.25) is 0 Å². The summed E-state index contributed by atoms with van der Waals surface area (Å²) in [4.78, 5) is 0. The van der Waals surface area contributed by atoms with E-state index in [2.05, 4.69) is 5.10 Å². The second kappa shape index (κ2) is 5.53. The third kappa shape index (κ3) is 2.84. The van der Waals surface area contributed by atoms with Gasteiger partial charge in [-0.25, -0.2) is 8.42 Å². The third-order valence-electron chi connectivity index (χ3n) is 3.49. The average molecular weight is 401 g/mol. The number of hydrogen-bond donors (Lipinski definition) is 0. The van der Waals surface area contributed by atoms with Crippen LogP contribution in [0, 0.1) is 0 Å². The van der Waals surface area contributed by atoms with Crippen LogP contribution in [0.15, 0.2) is 12.1 Å². The van der Waals surface area contributed by atoms with Gasteiger partial charge in [-0.05, 0) is 12.1 Å². The minimum Gasteiger partial charge on any atom is -0.481 e. The van der Waals surface area contributed by atoms with Gasteiger partial charge in [0.05, 0.1) is 45.5 Å². The molecule has 130 valence electrons. The number of benzene rings is 1. The summed E-state index contributed by atoms with van der Waals surface area (Å²) in [5.74, 6) is -0.460. The maximum absolute atomic E-state index is 12.8. The van der Waals surface area contributed by atoms with Gasteiger partial charge in [-0.15, -0.1) is 0 Å². The molecule has 0 radical (unpaired) electrons. The first-order chi connectivity index (χ1) is 11.0. The number of hydrogen-bond acceptors (Lipinski definition) is 4. The molecule has 0 saturated carbocycles. The second-order valence-corrected chi connectivity index (χ2v) is 8.04. The number of halogens is 5. The van der Waals surface area contributed by atoms with Crippen LogP contribution in [0.3, 0.4) is 0 Å². The van der Waals surface area contributed by atoms with Crippen LogP contribution in [0.25, 0.3) is 5.69 Å². The van der Waals surface area contributed by atoms with Crippen molar-refractivity contribution in [2.24, 2.45) is 0 Å². The molecular weight excluding hydrogens is 392 g/mol. The molecule has 1 aromatic carbocycles. The van der Waals surface area contributed by atoms with E-state index < -0.39 is 21.6 Å². The highest BCUT2D eigenvalue weighted by molar-refractivity contribution is 7.90. The van der Waals surface area contributed by atoms with Gasteiger partial charge >= 0.3 is 6.18 Å². The summed E-state index contributed by atoms with van der Waals surface area (Å²) in [7, 11) is -2.01. The Hall–Kier alpha value is -1.45. The van der Waals surface area contributed by atoms with Gasteiger partial charge in [0.25, 0.3) is 0 Å². The zero-order valence-electron chi connectivity index (χ0n) is 12.0. The average Bonchev–Trinajstić information content (AvgIpc) is 2.88. The molecule has 5 nitrogen and oxygen atoms in total. The summed E-state index contributed by atoms with van der Waals surface area (Å²) in [5, 5.41) is 3.54. The zero-order chi connectivity index (χ0) is 17.9. The number of alkyl halides is 3. The number of aromatic nitrogens is 2. The fourth-order valence-corrected chi connectivity index (χ4v) is 4.64. The molecule has 0 amide bonds. The summed E-state index contributed by atoms with van der Waals surface area (Å²) in [5.41, 5.74) is -0.388. The van der Waals surface area contributed by atoms with Crippen LogP contribution in [-0.4, -0.2) is 25.3 Å². The molecule has 11 heteroatoms. The number of methoxy groups -OCH3 is 1. The van der Waals surface area contributed by atoms with Crippen molar-refractivity contribution in [2.75, 3.05) is 7.11 Å². The van der Waals surface area contributed by atoms with Gasteiger partial charge in [0.1, 0.15) is 5.69 Å². The van der Waals surface area contributed by atoms with E-state index in [1.165, 1.54) is 7.11 Å². The lowest BCUT2D eigenvalue weighted by molar-refractivity contribution is -0.137. The van der Waals surface area contributed by atoms with Gasteiger partial charge < -0.3 is 4.74 Å². The summed E-state index contributed by atoms with van der Waals surface area (Å²) >= 11 is 11.9. The fraction of sp³-hybridized carbons (Fsp3) is 0.308. The summed E-state index contributed by atoms with van der Waals surface area (Å²) in [6, 6.07) is 1.46. The highest BCUT2D eigenvalue weighted by Gasteiger charge is 2.36. The van der Waals surface area contributed by atoms with Crippen molar-refractivity contribution in [1.29, 1.82) is 0 Å². The van der Waals surface area contributed by atoms with Crippen molar-refractivity contribution in [3.05, 3.63) is 39.0 Å². The van der Waals surface area contributed by atoms with Crippen LogP contribution in [0.4, 0.5) is 13.2 Å². The summed E-state index contributed by atoms with van der Waals surface area (Å²) in [6.07, 6.45) is -4.60. The van der Waals surface area contributed by atoms with Crippen molar-refractivity contribution in [1.82, 2.24) is 9.78 Å². The number of rotatable bonds is 2. The van der Waals surface area contributed by atoms with Crippen LogP contribution >= 0.6 is 23.2 Å². The number of ether oxygens (including phenoxy) is 1. The van der Waals surface area contributed by atoms with E-state index in [9.17, 15) is 21.6 Å². The predicted octanol–water partition coefficient (Wildman–Crippen LogP) is 3.63. The van der Waals surface area contributed by atoms with Gasteiger partial charge in [0, 0.05) is 0 Å². The molecule has 0 fully saturated rings. The highest BCUT2D eigenvalue weighted by atomic mass is 35.5. The van der Waals surface area contributed by atoms with Crippen LogP contribution < -0.4 is 4.74 Å². The molecule has 1 aromatic heterocycles. The standard InChI is InChI=1S/C13H9Cl2F3N2O3S/c1-23-12-7-4-24(21,22)5-10(7)19-20(12)11-8(14)2-6(3-9(11)15)13(16,17)18/h2-3H,4-5H2,1H3.